The molecule has 1 heterocycles. The number of amides is 1. The maximum Gasteiger partial charge on any atom is 0.410 e. The highest BCUT2D eigenvalue weighted by atomic mass is 19.1. The van der Waals surface area contributed by atoms with Gasteiger partial charge in [-0.1, -0.05) is 13.3 Å². The molecule has 5 heteroatoms. The van der Waals surface area contributed by atoms with Crippen molar-refractivity contribution in [2.24, 2.45) is 0 Å². The zero-order chi connectivity index (χ0) is 14.0. The molecule has 0 radical (unpaired) electrons. The molecule has 0 bridgehead atoms. The van der Waals surface area contributed by atoms with E-state index in [4.69, 9.17) is 4.74 Å². The van der Waals surface area contributed by atoms with Crippen molar-refractivity contribution in [1.29, 1.82) is 0 Å². The van der Waals surface area contributed by atoms with E-state index in [1.165, 1.54) is 17.0 Å². The second kappa shape index (κ2) is 5.55. The number of benzene rings is 1. The number of carbonyl (C=O) groups is 1. The second-order valence-corrected chi connectivity index (χ2v) is 4.86. The molecule has 1 aliphatic rings. The number of carbonyl (C=O) groups excluding carboxylic acids is 1. The fraction of sp³-hybridized carbons (Fsp3) is 0.500. The fourth-order valence-corrected chi connectivity index (χ4v) is 2.35. The van der Waals surface area contributed by atoms with Crippen molar-refractivity contribution >= 4 is 6.09 Å². The third-order valence-corrected chi connectivity index (χ3v) is 3.36. The van der Waals surface area contributed by atoms with Crippen LogP contribution < -0.4 is 0 Å². The van der Waals surface area contributed by atoms with Crippen LogP contribution in [0.2, 0.25) is 0 Å². The van der Waals surface area contributed by atoms with Crippen molar-refractivity contribution in [2.75, 3.05) is 0 Å². The van der Waals surface area contributed by atoms with E-state index in [9.17, 15) is 13.6 Å². The van der Waals surface area contributed by atoms with Crippen molar-refractivity contribution in [1.82, 2.24) is 4.90 Å². The Balaban J connectivity index is 2.12. The Kier molecular flexibility index (Phi) is 4.02. The molecule has 0 aliphatic carbocycles. The van der Waals surface area contributed by atoms with Gasteiger partial charge in [0, 0.05) is 12.6 Å². The molecule has 1 amide bonds. The Morgan fingerprint density at radius 2 is 1.89 bits per heavy atom. The van der Waals surface area contributed by atoms with Gasteiger partial charge in [0.25, 0.3) is 0 Å². The van der Waals surface area contributed by atoms with Crippen LogP contribution in [0, 0.1) is 11.6 Å². The van der Waals surface area contributed by atoms with Crippen molar-refractivity contribution in [3.8, 4) is 0 Å². The van der Waals surface area contributed by atoms with Crippen LogP contribution in [0.1, 0.15) is 32.3 Å². The minimum absolute atomic E-state index is 0.0845. The molecule has 104 valence electrons. The van der Waals surface area contributed by atoms with Gasteiger partial charge >= 0.3 is 6.09 Å². The minimum Gasteiger partial charge on any atom is -0.444 e. The first-order valence-electron chi connectivity index (χ1n) is 6.43. The Morgan fingerprint density at radius 3 is 2.47 bits per heavy atom. The maximum absolute atomic E-state index is 13.1. The van der Waals surface area contributed by atoms with Gasteiger partial charge in [-0.3, -0.25) is 4.90 Å². The first-order chi connectivity index (χ1) is 9.01. The van der Waals surface area contributed by atoms with Crippen LogP contribution in [-0.2, 0) is 11.3 Å². The largest absolute Gasteiger partial charge is 0.444 e. The third-order valence-electron chi connectivity index (χ3n) is 3.36. The Hall–Kier alpha value is -1.65. The van der Waals surface area contributed by atoms with E-state index in [0.29, 0.717) is 5.56 Å². The Labute approximate surface area is 111 Å². The lowest BCUT2D eigenvalue weighted by Crippen LogP contribution is -2.33. The maximum atomic E-state index is 13.1. The summed E-state index contributed by atoms with van der Waals surface area (Å²) in [6.07, 6.45) is 1.15. The summed E-state index contributed by atoms with van der Waals surface area (Å²) in [6.45, 7) is 4.07. The number of halogens is 2. The Bertz CT molecular complexity index is 458. The van der Waals surface area contributed by atoms with Crippen LogP contribution in [0.25, 0.3) is 0 Å². The summed E-state index contributed by atoms with van der Waals surface area (Å²) in [5.41, 5.74) is 0.429. The fourth-order valence-electron chi connectivity index (χ4n) is 2.35. The molecule has 1 aromatic rings. The van der Waals surface area contributed by atoms with E-state index in [2.05, 4.69) is 0 Å². The zero-order valence-electron chi connectivity index (χ0n) is 11.0. The molecule has 0 saturated carbocycles. The van der Waals surface area contributed by atoms with E-state index >= 15 is 0 Å². The number of rotatable bonds is 4. The van der Waals surface area contributed by atoms with Gasteiger partial charge in [-0.15, -0.1) is 0 Å². The van der Waals surface area contributed by atoms with Crippen LogP contribution in [-0.4, -0.2) is 23.1 Å². The summed E-state index contributed by atoms with van der Waals surface area (Å²) in [7, 11) is 0. The van der Waals surface area contributed by atoms with E-state index in [1.54, 1.807) is 0 Å². The summed E-state index contributed by atoms with van der Waals surface area (Å²) in [4.78, 5) is 13.3. The standard InChI is InChI=1S/C14H17F2NO2/c1-3-4-13-9(2)17(14(18)19-13)8-10-5-11(15)7-12(16)6-10/h5-7,9,13H,3-4,8H2,1-2H3/t9-,13-/m1/s1. The van der Waals surface area contributed by atoms with Gasteiger partial charge in [-0.2, -0.15) is 0 Å². The first kappa shape index (κ1) is 13.8. The van der Waals surface area contributed by atoms with Gasteiger partial charge in [-0.05, 0) is 31.0 Å². The van der Waals surface area contributed by atoms with Crippen LogP contribution in [0.15, 0.2) is 18.2 Å². The van der Waals surface area contributed by atoms with Crippen molar-refractivity contribution in [2.45, 2.75) is 45.4 Å². The normalized spacial score (nSPS) is 22.7. The summed E-state index contributed by atoms with van der Waals surface area (Å²) < 4.78 is 31.5. The molecular weight excluding hydrogens is 252 g/mol. The molecule has 1 fully saturated rings. The van der Waals surface area contributed by atoms with E-state index in [1.807, 2.05) is 13.8 Å². The van der Waals surface area contributed by atoms with E-state index in [0.717, 1.165) is 18.9 Å². The molecule has 1 aliphatic heterocycles. The van der Waals surface area contributed by atoms with Gasteiger partial charge in [0.15, 0.2) is 0 Å². The number of hydrogen-bond acceptors (Lipinski definition) is 2. The molecule has 0 aromatic heterocycles. The monoisotopic (exact) mass is 269 g/mol. The highest BCUT2D eigenvalue weighted by Gasteiger charge is 2.37. The van der Waals surface area contributed by atoms with Gasteiger partial charge < -0.3 is 4.74 Å². The predicted octanol–water partition coefficient (Wildman–Crippen LogP) is 3.47. The number of hydrogen-bond donors (Lipinski definition) is 0. The average molecular weight is 269 g/mol. The second-order valence-electron chi connectivity index (χ2n) is 4.86. The molecule has 19 heavy (non-hydrogen) atoms. The van der Waals surface area contributed by atoms with Gasteiger partial charge in [-0.25, -0.2) is 13.6 Å². The minimum atomic E-state index is -0.639. The van der Waals surface area contributed by atoms with Crippen molar-refractivity contribution < 1.29 is 18.3 Å². The molecule has 0 spiro atoms. The number of cyclic esters (lactones) is 1. The molecule has 1 saturated heterocycles. The number of ether oxygens (including phenoxy) is 1. The summed E-state index contributed by atoms with van der Waals surface area (Å²) in [5.74, 6) is -1.28. The van der Waals surface area contributed by atoms with Gasteiger partial charge in [0.1, 0.15) is 17.7 Å². The molecule has 2 atom stereocenters. The smallest absolute Gasteiger partial charge is 0.410 e. The van der Waals surface area contributed by atoms with E-state index < -0.39 is 17.7 Å². The highest BCUT2D eigenvalue weighted by molar-refractivity contribution is 5.70. The lowest BCUT2D eigenvalue weighted by Gasteiger charge is -2.20. The lowest BCUT2D eigenvalue weighted by molar-refractivity contribution is 0.125. The molecule has 3 nitrogen and oxygen atoms in total. The molecule has 2 rings (SSSR count). The Morgan fingerprint density at radius 1 is 1.26 bits per heavy atom. The molecular formula is C14H17F2NO2. The van der Waals surface area contributed by atoms with Crippen molar-refractivity contribution in [3.05, 3.63) is 35.4 Å². The van der Waals surface area contributed by atoms with Crippen LogP contribution in [0.3, 0.4) is 0 Å². The quantitative estimate of drug-likeness (QED) is 0.837. The first-order valence-corrected chi connectivity index (χ1v) is 6.43. The van der Waals surface area contributed by atoms with E-state index in [-0.39, 0.29) is 18.7 Å². The molecule has 0 unspecified atom stereocenters. The van der Waals surface area contributed by atoms with Gasteiger partial charge in [0.2, 0.25) is 0 Å². The average Bonchev–Trinajstić information content (AvgIpc) is 2.56. The molecule has 1 aromatic carbocycles. The lowest BCUT2D eigenvalue weighted by atomic mass is 10.1. The zero-order valence-corrected chi connectivity index (χ0v) is 11.0. The third kappa shape index (κ3) is 3.03. The predicted molar refractivity (Wildman–Crippen MR) is 66.5 cm³/mol. The summed E-state index contributed by atoms with van der Waals surface area (Å²) >= 11 is 0. The topological polar surface area (TPSA) is 29.5 Å². The van der Waals surface area contributed by atoms with Crippen LogP contribution in [0.4, 0.5) is 13.6 Å². The van der Waals surface area contributed by atoms with Crippen LogP contribution >= 0.6 is 0 Å². The van der Waals surface area contributed by atoms with Crippen molar-refractivity contribution in [3.63, 3.8) is 0 Å². The van der Waals surface area contributed by atoms with Gasteiger partial charge in [0.05, 0.1) is 6.04 Å². The highest BCUT2D eigenvalue weighted by Crippen LogP contribution is 2.25. The van der Waals surface area contributed by atoms with Crippen LogP contribution in [0.5, 0.6) is 0 Å². The summed E-state index contributed by atoms with van der Waals surface area (Å²) in [6, 6.07) is 3.19. The molecule has 0 N–H and O–H groups in total. The number of nitrogens with zero attached hydrogens (tertiary/aromatic N) is 1. The summed E-state index contributed by atoms with van der Waals surface area (Å²) in [5, 5.41) is 0. The SMILES string of the molecule is CCC[C@H]1OC(=O)N(Cc2cc(F)cc(F)c2)[C@@H]1C.